The second-order valence-corrected chi connectivity index (χ2v) is 7.75. The van der Waals surface area contributed by atoms with Crippen LogP contribution in [-0.2, 0) is 25.5 Å². The van der Waals surface area contributed by atoms with E-state index in [1.165, 1.54) is 12.5 Å². The van der Waals surface area contributed by atoms with E-state index >= 15 is 0 Å². The molecule has 1 atom stereocenters. The second kappa shape index (κ2) is 9.19. The van der Waals surface area contributed by atoms with Gasteiger partial charge in [-0.25, -0.2) is 0 Å². The van der Waals surface area contributed by atoms with Crippen LogP contribution >= 0.6 is 0 Å². The van der Waals surface area contributed by atoms with Gasteiger partial charge in [0.25, 0.3) is 0 Å². The lowest BCUT2D eigenvalue weighted by Crippen LogP contribution is -2.57. The van der Waals surface area contributed by atoms with Crippen molar-refractivity contribution >= 4 is 17.7 Å². The monoisotopic (exact) mass is 387 g/mol. The minimum atomic E-state index is -0.724. The minimum Gasteiger partial charge on any atom is -0.381 e. The van der Waals surface area contributed by atoms with E-state index in [1.54, 1.807) is 4.90 Å². The highest BCUT2D eigenvalue weighted by Crippen LogP contribution is 2.25. The van der Waals surface area contributed by atoms with Crippen molar-refractivity contribution in [3.8, 4) is 0 Å². The maximum absolute atomic E-state index is 12.9. The average Bonchev–Trinajstić information content (AvgIpc) is 2.79. The fraction of sp³-hybridized carbons (Fsp3) is 0.571. The highest BCUT2D eigenvalue weighted by atomic mass is 16.5. The van der Waals surface area contributed by atoms with Crippen molar-refractivity contribution in [2.24, 2.45) is 0 Å². The molecule has 2 N–H and O–H groups in total. The zero-order valence-electron chi connectivity index (χ0n) is 16.4. The van der Waals surface area contributed by atoms with Gasteiger partial charge in [-0.3, -0.25) is 14.4 Å². The SMILES string of the molecule is CC(=O)NC1CN(C(=O)CCCc2ccccc2)CC2(CCOCC2)NC1=O. The number of amides is 3. The Bertz CT molecular complexity index is 701. The minimum absolute atomic E-state index is 0.0219. The first kappa shape index (κ1) is 20.3. The van der Waals surface area contributed by atoms with Gasteiger partial charge in [0.05, 0.1) is 5.54 Å². The summed E-state index contributed by atoms with van der Waals surface area (Å²) in [5.74, 6) is -0.482. The predicted octanol–water partition coefficient (Wildman–Crippen LogP) is 1.02. The van der Waals surface area contributed by atoms with Crippen LogP contribution in [-0.4, -0.2) is 60.5 Å². The maximum atomic E-state index is 12.9. The van der Waals surface area contributed by atoms with Gasteiger partial charge in [-0.15, -0.1) is 0 Å². The van der Waals surface area contributed by atoms with E-state index in [0.717, 1.165) is 12.8 Å². The number of aryl methyl sites for hydroxylation is 1. The van der Waals surface area contributed by atoms with Gasteiger partial charge in [0.2, 0.25) is 17.7 Å². The van der Waals surface area contributed by atoms with E-state index in [-0.39, 0.29) is 24.3 Å². The lowest BCUT2D eigenvalue weighted by Gasteiger charge is -2.39. The standard InChI is InChI=1S/C21H29N3O4/c1-16(25)22-18-14-24(15-21(23-20(18)27)10-12-28-13-11-21)19(26)9-5-8-17-6-3-2-4-7-17/h2-4,6-7,18H,5,8-15H2,1H3,(H,22,25)(H,23,27). The van der Waals surface area contributed by atoms with Crippen LogP contribution in [0.1, 0.15) is 38.2 Å². The number of rotatable bonds is 5. The van der Waals surface area contributed by atoms with Crippen molar-refractivity contribution in [1.29, 1.82) is 0 Å². The third kappa shape index (κ3) is 5.32. The molecule has 2 aliphatic heterocycles. The third-order valence-corrected chi connectivity index (χ3v) is 5.48. The van der Waals surface area contributed by atoms with Crippen LogP contribution in [0, 0.1) is 0 Å². The fourth-order valence-corrected chi connectivity index (χ4v) is 3.96. The molecule has 1 spiro atoms. The summed E-state index contributed by atoms with van der Waals surface area (Å²) in [6.45, 7) is 3.16. The summed E-state index contributed by atoms with van der Waals surface area (Å²) in [6, 6.07) is 9.36. The number of carbonyl (C=O) groups is 3. The first-order chi connectivity index (χ1) is 13.5. The molecule has 2 aliphatic rings. The van der Waals surface area contributed by atoms with E-state index < -0.39 is 11.6 Å². The summed E-state index contributed by atoms with van der Waals surface area (Å²) in [5.41, 5.74) is 0.734. The predicted molar refractivity (Wildman–Crippen MR) is 104 cm³/mol. The largest absolute Gasteiger partial charge is 0.381 e. The van der Waals surface area contributed by atoms with Crippen LogP contribution in [0.15, 0.2) is 30.3 Å². The number of nitrogens with one attached hydrogen (secondary N) is 2. The van der Waals surface area contributed by atoms with Crippen molar-refractivity contribution in [3.05, 3.63) is 35.9 Å². The number of nitrogens with zero attached hydrogens (tertiary/aromatic N) is 1. The molecule has 3 rings (SSSR count). The number of hydrogen-bond donors (Lipinski definition) is 2. The molecular formula is C21H29N3O4. The summed E-state index contributed by atoms with van der Waals surface area (Å²) in [4.78, 5) is 38.9. The highest BCUT2D eigenvalue weighted by molar-refractivity contribution is 5.89. The first-order valence-corrected chi connectivity index (χ1v) is 9.96. The molecule has 0 aliphatic carbocycles. The quantitative estimate of drug-likeness (QED) is 0.790. The second-order valence-electron chi connectivity index (χ2n) is 7.75. The molecule has 28 heavy (non-hydrogen) atoms. The Morgan fingerprint density at radius 1 is 1.25 bits per heavy atom. The number of hydrogen-bond acceptors (Lipinski definition) is 4. The molecule has 1 unspecified atom stereocenters. The molecular weight excluding hydrogens is 358 g/mol. The van der Waals surface area contributed by atoms with Crippen molar-refractivity contribution in [1.82, 2.24) is 15.5 Å². The zero-order chi connectivity index (χ0) is 20.0. The van der Waals surface area contributed by atoms with E-state index in [0.29, 0.717) is 39.0 Å². The molecule has 7 nitrogen and oxygen atoms in total. The Balaban J connectivity index is 1.67. The molecule has 152 valence electrons. The molecule has 2 fully saturated rings. The molecule has 7 heteroatoms. The topological polar surface area (TPSA) is 87.7 Å². The van der Waals surface area contributed by atoms with Crippen LogP contribution in [0.5, 0.6) is 0 Å². The molecule has 1 aromatic rings. The Morgan fingerprint density at radius 3 is 2.64 bits per heavy atom. The van der Waals surface area contributed by atoms with Gasteiger partial charge in [-0.2, -0.15) is 0 Å². The number of carbonyl (C=O) groups excluding carboxylic acids is 3. The third-order valence-electron chi connectivity index (χ3n) is 5.48. The lowest BCUT2D eigenvalue weighted by molar-refractivity contribution is -0.133. The fourth-order valence-electron chi connectivity index (χ4n) is 3.96. The van der Waals surface area contributed by atoms with Crippen LogP contribution in [0.25, 0.3) is 0 Å². The smallest absolute Gasteiger partial charge is 0.244 e. The van der Waals surface area contributed by atoms with E-state index in [1.807, 2.05) is 18.2 Å². The lowest BCUT2D eigenvalue weighted by atomic mass is 9.89. The highest BCUT2D eigenvalue weighted by Gasteiger charge is 2.42. The van der Waals surface area contributed by atoms with E-state index in [9.17, 15) is 14.4 Å². The summed E-state index contributed by atoms with van der Waals surface area (Å²) in [5, 5.41) is 5.77. The van der Waals surface area contributed by atoms with Crippen LogP contribution in [0.4, 0.5) is 0 Å². The summed E-state index contributed by atoms with van der Waals surface area (Å²) in [6.07, 6.45) is 3.34. The van der Waals surface area contributed by atoms with Gasteiger partial charge in [0.1, 0.15) is 6.04 Å². The van der Waals surface area contributed by atoms with Crippen LogP contribution < -0.4 is 10.6 Å². The average molecular weight is 387 g/mol. The Kier molecular flexibility index (Phi) is 6.67. The summed E-state index contributed by atoms with van der Waals surface area (Å²) < 4.78 is 5.45. The molecule has 0 aromatic heterocycles. The zero-order valence-corrected chi connectivity index (χ0v) is 16.4. The van der Waals surface area contributed by atoms with Gasteiger partial charge in [0, 0.05) is 39.6 Å². The number of ether oxygens (including phenoxy) is 1. The van der Waals surface area contributed by atoms with Crippen LogP contribution in [0.2, 0.25) is 0 Å². The van der Waals surface area contributed by atoms with Crippen LogP contribution in [0.3, 0.4) is 0 Å². The normalized spacial score (nSPS) is 21.7. The molecule has 3 amide bonds. The van der Waals surface area contributed by atoms with Crippen molar-refractivity contribution in [3.63, 3.8) is 0 Å². The van der Waals surface area contributed by atoms with E-state index in [4.69, 9.17) is 4.74 Å². The summed E-state index contributed by atoms with van der Waals surface area (Å²) in [7, 11) is 0. The van der Waals surface area contributed by atoms with Gasteiger partial charge in [-0.05, 0) is 31.2 Å². The van der Waals surface area contributed by atoms with Crippen molar-refractivity contribution < 1.29 is 19.1 Å². The van der Waals surface area contributed by atoms with E-state index in [2.05, 4.69) is 22.8 Å². The first-order valence-electron chi connectivity index (χ1n) is 9.96. The molecule has 2 saturated heterocycles. The van der Waals surface area contributed by atoms with Gasteiger partial charge < -0.3 is 20.3 Å². The summed E-state index contributed by atoms with van der Waals surface area (Å²) >= 11 is 0. The molecule has 0 saturated carbocycles. The van der Waals surface area contributed by atoms with Gasteiger partial charge in [-0.1, -0.05) is 30.3 Å². The molecule has 1 aromatic carbocycles. The molecule has 0 radical (unpaired) electrons. The van der Waals surface area contributed by atoms with Gasteiger partial charge in [0.15, 0.2) is 0 Å². The molecule has 0 bridgehead atoms. The number of benzene rings is 1. The molecule has 2 heterocycles. The van der Waals surface area contributed by atoms with Gasteiger partial charge >= 0.3 is 0 Å². The maximum Gasteiger partial charge on any atom is 0.244 e. The Morgan fingerprint density at radius 2 is 1.96 bits per heavy atom. The van der Waals surface area contributed by atoms with Crippen molar-refractivity contribution in [2.45, 2.75) is 50.6 Å². The Labute approximate surface area is 165 Å². The van der Waals surface area contributed by atoms with Crippen molar-refractivity contribution in [2.75, 3.05) is 26.3 Å². The Hall–Kier alpha value is -2.41.